The second-order valence-electron chi connectivity index (χ2n) is 6.56. The molecule has 114 valence electrons. The maximum atomic E-state index is 6.10. The Kier molecular flexibility index (Phi) is 3.51. The summed E-state index contributed by atoms with van der Waals surface area (Å²) in [4.78, 5) is 2.58. The van der Waals surface area contributed by atoms with E-state index in [-0.39, 0.29) is 0 Å². The average Bonchev–Trinajstić information content (AvgIpc) is 3.09. The molecular weight excluding hydrogens is 264 g/mol. The Bertz CT molecular complexity index is 508. The van der Waals surface area contributed by atoms with Crippen LogP contribution in [0.1, 0.15) is 30.9 Å². The molecule has 4 nitrogen and oxygen atoms in total. The number of hydrogen-bond acceptors (Lipinski definition) is 4. The molecule has 21 heavy (non-hydrogen) atoms. The number of nitrogens with zero attached hydrogens (tertiary/aromatic N) is 1. The first-order chi connectivity index (χ1) is 10.3. The summed E-state index contributed by atoms with van der Waals surface area (Å²) in [7, 11) is 0. The monoisotopic (exact) mass is 288 g/mol. The third-order valence-corrected chi connectivity index (χ3v) is 5.37. The minimum Gasteiger partial charge on any atom is -0.486 e. The fraction of sp³-hybridized carbons (Fsp3) is 0.647. The van der Waals surface area contributed by atoms with E-state index in [1.54, 1.807) is 0 Å². The van der Waals surface area contributed by atoms with Crippen molar-refractivity contribution in [3.8, 4) is 11.5 Å². The van der Waals surface area contributed by atoms with Crippen LogP contribution < -0.4 is 15.2 Å². The molecule has 0 bridgehead atoms. The van der Waals surface area contributed by atoms with Gasteiger partial charge in [-0.25, -0.2) is 0 Å². The zero-order valence-electron chi connectivity index (χ0n) is 12.5. The van der Waals surface area contributed by atoms with E-state index in [1.165, 1.54) is 37.9 Å². The summed E-state index contributed by atoms with van der Waals surface area (Å²) in [5, 5.41) is 0. The fourth-order valence-electron chi connectivity index (χ4n) is 4.29. The first-order valence-corrected chi connectivity index (χ1v) is 8.19. The Morgan fingerprint density at radius 2 is 1.81 bits per heavy atom. The lowest BCUT2D eigenvalue weighted by atomic mass is 10.0. The van der Waals surface area contributed by atoms with Gasteiger partial charge in [-0.1, -0.05) is 12.5 Å². The molecule has 0 amide bonds. The van der Waals surface area contributed by atoms with E-state index < -0.39 is 0 Å². The van der Waals surface area contributed by atoms with Gasteiger partial charge in [0.05, 0.1) is 0 Å². The van der Waals surface area contributed by atoms with E-state index in [0.717, 1.165) is 23.3 Å². The Morgan fingerprint density at radius 1 is 1.10 bits per heavy atom. The van der Waals surface area contributed by atoms with Crippen molar-refractivity contribution < 1.29 is 9.47 Å². The standard InChI is InChI=1S/C17H24N2O2/c18-9-15(19-10-13-2-1-3-14(13)11-19)12-4-5-16-17(8-12)21-7-6-20-16/h4-5,8,13-15H,1-3,6-7,9-11,18H2. The number of nitrogens with two attached hydrogens (primary N) is 1. The van der Waals surface area contributed by atoms with Gasteiger partial charge in [0, 0.05) is 25.7 Å². The molecule has 4 heteroatoms. The summed E-state index contributed by atoms with van der Waals surface area (Å²) >= 11 is 0. The van der Waals surface area contributed by atoms with E-state index in [1.807, 2.05) is 6.07 Å². The van der Waals surface area contributed by atoms with Crippen LogP contribution in [-0.2, 0) is 0 Å². The fourth-order valence-corrected chi connectivity index (χ4v) is 4.29. The minimum atomic E-state index is 0.312. The van der Waals surface area contributed by atoms with Gasteiger partial charge in [-0.3, -0.25) is 4.90 Å². The highest BCUT2D eigenvalue weighted by Crippen LogP contribution is 2.41. The topological polar surface area (TPSA) is 47.7 Å². The highest BCUT2D eigenvalue weighted by molar-refractivity contribution is 5.44. The molecule has 1 saturated heterocycles. The SMILES string of the molecule is NCC(c1ccc2c(c1)OCCO2)N1CC2CCCC2C1. The summed E-state index contributed by atoms with van der Waals surface area (Å²) in [6.07, 6.45) is 4.22. The van der Waals surface area contributed by atoms with E-state index in [0.29, 0.717) is 25.8 Å². The van der Waals surface area contributed by atoms with Crippen molar-refractivity contribution in [2.45, 2.75) is 25.3 Å². The normalized spacial score (nSPS) is 29.4. The highest BCUT2D eigenvalue weighted by atomic mass is 16.6. The first-order valence-electron chi connectivity index (χ1n) is 8.19. The van der Waals surface area contributed by atoms with Crippen LogP contribution in [0, 0.1) is 11.8 Å². The second kappa shape index (κ2) is 5.50. The van der Waals surface area contributed by atoms with Crippen molar-refractivity contribution in [1.29, 1.82) is 0 Å². The summed E-state index contributed by atoms with van der Waals surface area (Å²) in [6.45, 7) is 4.36. The quantitative estimate of drug-likeness (QED) is 0.926. The van der Waals surface area contributed by atoms with Gasteiger partial charge in [0.1, 0.15) is 13.2 Å². The molecule has 4 rings (SSSR count). The third-order valence-electron chi connectivity index (χ3n) is 5.37. The second-order valence-corrected chi connectivity index (χ2v) is 6.56. The van der Waals surface area contributed by atoms with Gasteiger partial charge in [-0.05, 0) is 42.4 Å². The summed E-state index contributed by atoms with van der Waals surface area (Å²) in [5.74, 6) is 3.53. The van der Waals surface area contributed by atoms with Gasteiger partial charge < -0.3 is 15.2 Å². The molecule has 2 aliphatic heterocycles. The molecule has 0 radical (unpaired) electrons. The lowest BCUT2D eigenvalue weighted by molar-refractivity contribution is 0.170. The summed E-state index contributed by atoms with van der Waals surface area (Å²) < 4.78 is 11.3. The van der Waals surface area contributed by atoms with Crippen LogP contribution >= 0.6 is 0 Å². The lowest BCUT2D eigenvalue weighted by Gasteiger charge is -2.29. The molecule has 3 unspecified atom stereocenters. The number of likely N-dealkylation sites (tertiary alicyclic amines) is 1. The highest BCUT2D eigenvalue weighted by Gasteiger charge is 2.38. The molecule has 1 aromatic carbocycles. The summed E-state index contributed by atoms with van der Waals surface area (Å²) in [5.41, 5.74) is 7.36. The molecule has 2 N–H and O–H groups in total. The predicted octanol–water partition coefficient (Wildman–Crippen LogP) is 2.19. The van der Waals surface area contributed by atoms with Crippen LogP contribution in [0.15, 0.2) is 18.2 Å². The molecule has 0 spiro atoms. The van der Waals surface area contributed by atoms with Crippen molar-refractivity contribution in [2.24, 2.45) is 17.6 Å². The summed E-state index contributed by atoms with van der Waals surface area (Å²) in [6, 6.07) is 6.62. The van der Waals surface area contributed by atoms with Crippen LogP contribution in [0.25, 0.3) is 0 Å². The van der Waals surface area contributed by atoms with Gasteiger partial charge in [-0.15, -0.1) is 0 Å². The Morgan fingerprint density at radius 3 is 2.52 bits per heavy atom. The zero-order valence-corrected chi connectivity index (χ0v) is 12.5. The number of hydrogen-bond donors (Lipinski definition) is 1. The molecule has 2 fully saturated rings. The Hall–Kier alpha value is -1.26. The first kappa shape index (κ1) is 13.4. The predicted molar refractivity (Wildman–Crippen MR) is 81.6 cm³/mol. The molecule has 2 heterocycles. The van der Waals surface area contributed by atoms with E-state index in [2.05, 4.69) is 17.0 Å². The molecule has 3 atom stereocenters. The van der Waals surface area contributed by atoms with Crippen LogP contribution in [-0.4, -0.2) is 37.7 Å². The average molecular weight is 288 g/mol. The molecule has 3 aliphatic rings. The molecule has 0 aromatic heterocycles. The van der Waals surface area contributed by atoms with Gasteiger partial charge in [0.15, 0.2) is 11.5 Å². The Labute approximate surface area is 126 Å². The third kappa shape index (κ3) is 2.40. The minimum absolute atomic E-state index is 0.312. The van der Waals surface area contributed by atoms with Crippen molar-refractivity contribution in [3.05, 3.63) is 23.8 Å². The van der Waals surface area contributed by atoms with Crippen LogP contribution in [0.5, 0.6) is 11.5 Å². The van der Waals surface area contributed by atoms with Gasteiger partial charge in [0.2, 0.25) is 0 Å². The van der Waals surface area contributed by atoms with Gasteiger partial charge in [-0.2, -0.15) is 0 Å². The maximum Gasteiger partial charge on any atom is 0.161 e. The molecule has 1 saturated carbocycles. The number of rotatable bonds is 3. The van der Waals surface area contributed by atoms with E-state index >= 15 is 0 Å². The number of benzene rings is 1. The van der Waals surface area contributed by atoms with Crippen LogP contribution in [0.3, 0.4) is 0 Å². The molecule has 1 aliphatic carbocycles. The van der Waals surface area contributed by atoms with Gasteiger partial charge >= 0.3 is 0 Å². The van der Waals surface area contributed by atoms with Crippen molar-refractivity contribution >= 4 is 0 Å². The smallest absolute Gasteiger partial charge is 0.161 e. The number of fused-ring (bicyclic) bond motifs is 2. The van der Waals surface area contributed by atoms with Crippen molar-refractivity contribution in [1.82, 2.24) is 4.90 Å². The van der Waals surface area contributed by atoms with Crippen LogP contribution in [0.4, 0.5) is 0 Å². The van der Waals surface area contributed by atoms with E-state index in [9.17, 15) is 0 Å². The van der Waals surface area contributed by atoms with Crippen molar-refractivity contribution in [3.63, 3.8) is 0 Å². The van der Waals surface area contributed by atoms with Crippen LogP contribution in [0.2, 0.25) is 0 Å². The molecular formula is C17H24N2O2. The van der Waals surface area contributed by atoms with Crippen molar-refractivity contribution in [2.75, 3.05) is 32.8 Å². The zero-order chi connectivity index (χ0) is 14.2. The maximum absolute atomic E-state index is 6.10. The Balaban J connectivity index is 1.55. The van der Waals surface area contributed by atoms with E-state index in [4.69, 9.17) is 15.2 Å². The molecule has 1 aromatic rings. The lowest BCUT2D eigenvalue weighted by Crippen LogP contribution is -2.32. The van der Waals surface area contributed by atoms with Gasteiger partial charge in [0.25, 0.3) is 0 Å². The number of ether oxygens (including phenoxy) is 2. The largest absolute Gasteiger partial charge is 0.486 e.